The molecule has 0 atom stereocenters. The van der Waals surface area contributed by atoms with E-state index in [9.17, 15) is 0 Å². The maximum atomic E-state index is 2.46. The second-order valence-corrected chi connectivity index (χ2v) is 3.42. The topological polar surface area (TPSA) is 34.7 Å². The zero-order chi connectivity index (χ0) is 7.23. The first-order valence-corrected chi connectivity index (χ1v) is 4.58. The third-order valence-electron chi connectivity index (χ3n) is 2.33. The van der Waals surface area contributed by atoms with Gasteiger partial charge < -0.3 is 10.4 Å². The van der Waals surface area contributed by atoms with Crippen LogP contribution < -0.4 is 0 Å². The lowest BCUT2D eigenvalue weighted by Gasteiger charge is -2.13. The predicted molar refractivity (Wildman–Crippen MR) is 48.8 cm³/mol. The fraction of sp³-hybridized carbons (Fsp3) is 1.00. The minimum absolute atomic E-state index is 0. The third kappa shape index (κ3) is 5.22. The largest absolute Gasteiger partial charge is 0.412 e. The highest BCUT2D eigenvalue weighted by atomic mass is 16.0. The monoisotopic (exact) mass is 159 g/mol. The molecule has 1 saturated heterocycles. The molecule has 0 aromatic rings. The smallest absolute Gasteiger partial charge is 0.00218 e. The summed E-state index contributed by atoms with van der Waals surface area (Å²) in [4.78, 5) is 2.46. The number of rotatable bonds is 0. The normalized spacial score (nSPS) is 22.6. The second kappa shape index (κ2) is 6.62. The Bertz CT molecular complexity index is 75.6. The van der Waals surface area contributed by atoms with Crippen LogP contribution in [-0.4, -0.2) is 30.5 Å². The summed E-state index contributed by atoms with van der Waals surface area (Å²) in [5.74, 6) is 0. The van der Waals surface area contributed by atoms with Gasteiger partial charge in [-0.2, -0.15) is 0 Å². The molecule has 0 aromatic carbocycles. The van der Waals surface area contributed by atoms with Crippen molar-refractivity contribution in [2.75, 3.05) is 20.1 Å². The van der Waals surface area contributed by atoms with Crippen LogP contribution in [0.2, 0.25) is 0 Å². The minimum atomic E-state index is 0. The Balaban J connectivity index is 0.000001000. The summed E-state index contributed by atoms with van der Waals surface area (Å²) >= 11 is 0. The molecule has 0 saturated carbocycles. The molecule has 0 aliphatic carbocycles. The van der Waals surface area contributed by atoms with Crippen LogP contribution in [0.25, 0.3) is 0 Å². The van der Waals surface area contributed by atoms with E-state index in [0.29, 0.717) is 0 Å². The average Bonchev–Trinajstić information content (AvgIpc) is 2.02. The molecule has 0 amide bonds. The highest BCUT2D eigenvalue weighted by Crippen LogP contribution is 2.09. The van der Waals surface area contributed by atoms with Crippen molar-refractivity contribution in [3.05, 3.63) is 0 Å². The van der Waals surface area contributed by atoms with Crippen LogP contribution in [0.15, 0.2) is 0 Å². The molecule has 68 valence electrons. The van der Waals surface area contributed by atoms with Gasteiger partial charge in [0.25, 0.3) is 0 Å². The highest BCUT2D eigenvalue weighted by Gasteiger charge is 2.00. The van der Waals surface area contributed by atoms with E-state index < -0.39 is 0 Å². The summed E-state index contributed by atoms with van der Waals surface area (Å²) in [5.41, 5.74) is 0. The van der Waals surface area contributed by atoms with Crippen molar-refractivity contribution in [1.29, 1.82) is 0 Å². The van der Waals surface area contributed by atoms with Gasteiger partial charge in [-0.15, -0.1) is 0 Å². The van der Waals surface area contributed by atoms with Gasteiger partial charge in [-0.05, 0) is 33.0 Å². The van der Waals surface area contributed by atoms with Crippen molar-refractivity contribution >= 4 is 0 Å². The molecular formula is C9H21NO. The molecule has 1 rings (SSSR count). The van der Waals surface area contributed by atoms with Crippen LogP contribution in [-0.2, 0) is 0 Å². The maximum Gasteiger partial charge on any atom is -0.00218 e. The zero-order valence-electron chi connectivity index (χ0n) is 7.60. The zero-order valence-corrected chi connectivity index (χ0v) is 7.60. The van der Waals surface area contributed by atoms with Crippen molar-refractivity contribution < 1.29 is 5.48 Å². The van der Waals surface area contributed by atoms with E-state index in [0.717, 1.165) is 0 Å². The van der Waals surface area contributed by atoms with Crippen LogP contribution >= 0.6 is 0 Å². The molecule has 0 bridgehead atoms. The van der Waals surface area contributed by atoms with E-state index in [1.807, 2.05) is 0 Å². The Hall–Kier alpha value is -0.0800. The van der Waals surface area contributed by atoms with Crippen LogP contribution in [0.3, 0.4) is 0 Å². The van der Waals surface area contributed by atoms with Gasteiger partial charge in [0.2, 0.25) is 0 Å². The van der Waals surface area contributed by atoms with Crippen LogP contribution in [0.1, 0.15) is 38.5 Å². The Morgan fingerprint density at radius 1 is 0.727 bits per heavy atom. The van der Waals surface area contributed by atoms with E-state index in [4.69, 9.17) is 0 Å². The van der Waals surface area contributed by atoms with Crippen LogP contribution in [0.5, 0.6) is 0 Å². The van der Waals surface area contributed by atoms with Crippen molar-refractivity contribution in [2.45, 2.75) is 38.5 Å². The SMILES string of the molecule is CN1CCCCCCCC1.O. The summed E-state index contributed by atoms with van der Waals surface area (Å²) in [6.07, 6.45) is 8.66. The summed E-state index contributed by atoms with van der Waals surface area (Å²) in [7, 11) is 2.24. The molecule has 1 fully saturated rings. The minimum Gasteiger partial charge on any atom is -0.412 e. The van der Waals surface area contributed by atoms with Gasteiger partial charge in [-0.3, -0.25) is 0 Å². The predicted octanol–water partition coefficient (Wildman–Crippen LogP) is 1.45. The van der Waals surface area contributed by atoms with Gasteiger partial charge in [-0.1, -0.05) is 25.7 Å². The Labute approximate surface area is 69.9 Å². The molecule has 1 aliphatic rings. The van der Waals surface area contributed by atoms with E-state index >= 15 is 0 Å². The lowest BCUT2D eigenvalue weighted by molar-refractivity contribution is 0.327. The van der Waals surface area contributed by atoms with E-state index in [1.165, 1.54) is 51.6 Å². The summed E-state index contributed by atoms with van der Waals surface area (Å²) in [6.45, 7) is 2.64. The van der Waals surface area contributed by atoms with Gasteiger partial charge in [0.05, 0.1) is 0 Å². The van der Waals surface area contributed by atoms with Crippen molar-refractivity contribution in [3.63, 3.8) is 0 Å². The lowest BCUT2D eigenvalue weighted by Crippen LogP contribution is -2.20. The van der Waals surface area contributed by atoms with Gasteiger partial charge in [0.1, 0.15) is 0 Å². The molecule has 1 aliphatic heterocycles. The number of nitrogens with zero attached hydrogens (tertiary/aromatic N) is 1. The molecule has 0 unspecified atom stereocenters. The second-order valence-electron chi connectivity index (χ2n) is 3.42. The molecule has 0 spiro atoms. The van der Waals surface area contributed by atoms with E-state index in [2.05, 4.69) is 11.9 Å². The molecule has 2 N–H and O–H groups in total. The fourth-order valence-electron chi connectivity index (χ4n) is 1.58. The highest BCUT2D eigenvalue weighted by molar-refractivity contribution is 4.56. The Morgan fingerprint density at radius 3 is 1.55 bits per heavy atom. The standard InChI is InChI=1S/C9H19N.H2O/c1-10-8-6-4-2-3-5-7-9-10;/h2-9H2,1H3;1H2. The van der Waals surface area contributed by atoms with Crippen molar-refractivity contribution in [1.82, 2.24) is 4.90 Å². The van der Waals surface area contributed by atoms with E-state index in [1.54, 1.807) is 0 Å². The summed E-state index contributed by atoms with van der Waals surface area (Å²) < 4.78 is 0. The molecule has 0 radical (unpaired) electrons. The quantitative estimate of drug-likeness (QED) is 0.527. The summed E-state index contributed by atoms with van der Waals surface area (Å²) in [6, 6.07) is 0. The Kier molecular flexibility index (Phi) is 6.57. The van der Waals surface area contributed by atoms with Crippen LogP contribution in [0.4, 0.5) is 0 Å². The summed E-state index contributed by atoms with van der Waals surface area (Å²) in [5, 5.41) is 0. The molecular weight excluding hydrogens is 138 g/mol. The van der Waals surface area contributed by atoms with Crippen molar-refractivity contribution in [3.8, 4) is 0 Å². The van der Waals surface area contributed by atoms with Crippen molar-refractivity contribution in [2.24, 2.45) is 0 Å². The molecule has 2 nitrogen and oxygen atoms in total. The fourth-order valence-corrected chi connectivity index (χ4v) is 1.58. The first-order valence-electron chi connectivity index (χ1n) is 4.58. The molecule has 2 heteroatoms. The van der Waals surface area contributed by atoms with Gasteiger partial charge >= 0.3 is 0 Å². The molecule has 0 aromatic heterocycles. The first-order chi connectivity index (χ1) is 4.89. The average molecular weight is 159 g/mol. The molecule has 1 heterocycles. The maximum absolute atomic E-state index is 2.46. The Morgan fingerprint density at radius 2 is 1.09 bits per heavy atom. The first kappa shape index (κ1) is 10.9. The number of hydrogen-bond donors (Lipinski definition) is 0. The van der Waals surface area contributed by atoms with Gasteiger partial charge in [-0.25, -0.2) is 0 Å². The molecule has 11 heavy (non-hydrogen) atoms. The lowest BCUT2D eigenvalue weighted by atomic mass is 10.1. The van der Waals surface area contributed by atoms with Gasteiger partial charge in [0, 0.05) is 0 Å². The van der Waals surface area contributed by atoms with E-state index in [-0.39, 0.29) is 5.48 Å². The number of hydrogen-bond acceptors (Lipinski definition) is 1. The third-order valence-corrected chi connectivity index (χ3v) is 2.33. The van der Waals surface area contributed by atoms with Crippen LogP contribution in [0, 0.1) is 0 Å². The van der Waals surface area contributed by atoms with Gasteiger partial charge in [0.15, 0.2) is 0 Å².